The Bertz CT molecular complexity index is 820. The van der Waals surface area contributed by atoms with Crippen LogP contribution in [-0.4, -0.2) is 47.8 Å². The van der Waals surface area contributed by atoms with E-state index in [2.05, 4.69) is 44.9 Å². The maximum atomic E-state index is 12.2. The van der Waals surface area contributed by atoms with Gasteiger partial charge in [0.1, 0.15) is 6.54 Å². The summed E-state index contributed by atoms with van der Waals surface area (Å²) in [6.07, 6.45) is 0.569. The highest BCUT2D eigenvalue weighted by molar-refractivity contribution is 5.89. The Kier molecular flexibility index (Phi) is 9.07. The number of carbonyl (C=O) groups excluding carboxylic acids is 2. The highest BCUT2D eigenvalue weighted by Crippen LogP contribution is 2.10. The number of esters is 1. The molecule has 1 aliphatic rings. The fraction of sp³-hybridized carbons (Fsp3) is 0.333. The molecule has 0 aromatic heterocycles. The molecular formula is C21H27ClN4O4. The minimum Gasteiger partial charge on any atom is -1.00 e. The summed E-state index contributed by atoms with van der Waals surface area (Å²) in [7, 11) is 1.34. The van der Waals surface area contributed by atoms with Gasteiger partial charge >= 0.3 is 12.0 Å². The van der Waals surface area contributed by atoms with Gasteiger partial charge in [0.25, 0.3) is 6.23 Å². The number of aliphatic hydroxyl groups is 1. The lowest BCUT2D eigenvalue weighted by molar-refractivity contribution is -0.176. The lowest BCUT2D eigenvalue weighted by Gasteiger charge is -2.19. The molecule has 0 aliphatic carbocycles. The number of nitrogens with zero attached hydrogens (tertiary/aromatic N) is 1. The van der Waals surface area contributed by atoms with Gasteiger partial charge in [-0.25, -0.2) is 9.59 Å². The van der Waals surface area contributed by atoms with Gasteiger partial charge in [-0.3, -0.25) is 10.2 Å². The number of hydrogen-bond acceptors (Lipinski definition) is 5. The van der Waals surface area contributed by atoms with Gasteiger partial charge in [-0.05, 0) is 42.2 Å². The number of rotatable bonds is 7. The number of hydrogen-bond donors (Lipinski definition) is 3. The van der Waals surface area contributed by atoms with E-state index in [1.807, 2.05) is 23.2 Å². The second-order valence-electron chi connectivity index (χ2n) is 6.95. The molecule has 2 aromatic carbocycles. The van der Waals surface area contributed by atoms with Gasteiger partial charge < -0.3 is 22.5 Å². The van der Waals surface area contributed by atoms with Crippen LogP contribution in [0.5, 0.6) is 0 Å². The second-order valence-corrected chi connectivity index (χ2v) is 6.95. The van der Waals surface area contributed by atoms with Crippen molar-refractivity contribution in [3.63, 3.8) is 0 Å². The molecule has 9 heteroatoms. The largest absolute Gasteiger partial charge is 1.00 e. The van der Waals surface area contributed by atoms with Gasteiger partial charge in [0, 0.05) is 12.6 Å². The number of urea groups is 1. The van der Waals surface area contributed by atoms with Crippen LogP contribution in [0.4, 0.5) is 4.79 Å². The highest BCUT2D eigenvalue weighted by atomic mass is 35.5. The van der Waals surface area contributed by atoms with Crippen LogP contribution in [0, 0.1) is 0 Å². The van der Waals surface area contributed by atoms with Crippen LogP contribution in [0.1, 0.15) is 28.4 Å². The Balaban J connectivity index is 0.00000320. The molecule has 30 heavy (non-hydrogen) atoms. The third-order valence-electron chi connectivity index (χ3n) is 4.74. The summed E-state index contributed by atoms with van der Waals surface area (Å²) >= 11 is 0. The summed E-state index contributed by atoms with van der Waals surface area (Å²) < 4.78 is 4.67. The average Bonchev–Trinajstić information content (AvgIpc) is 3.21. The molecule has 1 saturated heterocycles. The molecule has 2 amide bonds. The molecule has 3 rings (SSSR count). The van der Waals surface area contributed by atoms with E-state index in [0.717, 1.165) is 12.0 Å². The van der Waals surface area contributed by atoms with E-state index < -0.39 is 0 Å². The summed E-state index contributed by atoms with van der Waals surface area (Å²) in [5.74, 6) is -0.386. The molecule has 1 heterocycles. The fourth-order valence-corrected chi connectivity index (χ4v) is 3.09. The fourth-order valence-electron chi connectivity index (χ4n) is 3.09. The zero-order valence-electron chi connectivity index (χ0n) is 17.0. The van der Waals surface area contributed by atoms with Crippen LogP contribution in [0.25, 0.3) is 0 Å². The van der Waals surface area contributed by atoms with Gasteiger partial charge in [-0.2, -0.15) is 5.01 Å². The molecule has 0 bridgehead atoms. The molecule has 4 N–H and O–H groups in total. The Hall–Kier alpha value is -2.65. The van der Waals surface area contributed by atoms with E-state index in [1.54, 1.807) is 24.3 Å². The Labute approximate surface area is 182 Å². The van der Waals surface area contributed by atoms with Crippen molar-refractivity contribution in [2.24, 2.45) is 0 Å². The highest BCUT2D eigenvalue weighted by Gasteiger charge is 2.32. The molecule has 1 aliphatic heterocycles. The zero-order valence-corrected chi connectivity index (χ0v) is 17.7. The SMILES string of the molecule is COC(=O)c1ccc(CNC(=O)NC2CN(C(C)Cc3ccccc3)N[OH+]2)cc1.[Cl-]. The monoisotopic (exact) mass is 434 g/mol. The zero-order chi connectivity index (χ0) is 20.6. The van der Waals surface area contributed by atoms with Crippen molar-refractivity contribution in [2.45, 2.75) is 32.2 Å². The Morgan fingerprint density at radius 3 is 2.53 bits per heavy atom. The molecule has 2 unspecified atom stereocenters. The molecule has 0 radical (unpaired) electrons. The van der Waals surface area contributed by atoms with Crippen LogP contribution in [0.2, 0.25) is 0 Å². The van der Waals surface area contributed by atoms with E-state index in [4.69, 9.17) is 0 Å². The summed E-state index contributed by atoms with van der Waals surface area (Å²) in [4.78, 5) is 27.9. The predicted molar refractivity (Wildman–Crippen MR) is 109 cm³/mol. The number of benzene rings is 2. The molecular weight excluding hydrogens is 408 g/mol. The third kappa shape index (κ3) is 6.70. The van der Waals surface area contributed by atoms with Crippen molar-refractivity contribution in [3.05, 3.63) is 71.3 Å². The van der Waals surface area contributed by atoms with Gasteiger partial charge in [-0.1, -0.05) is 42.5 Å². The Morgan fingerprint density at radius 2 is 1.87 bits per heavy atom. The number of carbonyl (C=O) groups is 2. The first kappa shape index (κ1) is 23.6. The van der Waals surface area contributed by atoms with Crippen molar-refractivity contribution in [3.8, 4) is 0 Å². The molecule has 0 spiro atoms. The standard InChI is InChI=1S/C21H26N4O4.ClH/c1-15(12-16-6-4-3-5-7-16)25-14-19(29-24-25)23-21(27)22-13-17-8-10-18(11-9-17)20(26)28-2;/h3-11,15,19,24H,12-14H2,1-2H3,(H2,22,23,27);1H. The quantitative estimate of drug-likeness (QED) is 0.364. The van der Waals surface area contributed by atoms with Gasteiger partial charge in [0.15, 0.2) is 0 Å². The molecule has 2 aromatic rings. The van der Waals surface area contributed by atoms with Crippen molar-refractivity contribution >= 4 is 12.0 Å². The average molecular weight is 435 g/mol. The van der Waals surface area contributed by atoms with Gasteiger partial charge in [0.2, 0.25) is 0 Å². The first-order chi connectivity index (χ1) is 14.0. The van der Waals surface area contributed by atoms with Crippen molar-refractivity contribution < 1.29 is 31.6 Å². The number of methoxy groups -OCH3 is 1. The summed E-state index contributed by atoms with van der Waals surface area (Å²) in [5, 5.41) is 7.66. The maximum absolute atomic E-state index is 12.2. The van der Waals surface area contributed by atoms with Crippen LogP contribution in [-0.2, 0) is 17.7 Å². The minimum atomic E-state index is -0.386. The first-order valence-corrected chi connectivity index (χ1v) is 9.53. The molecule has 0 saturated carbocycles. The van der Waals surface area contributed by atoms with E-state index in [-0.39, 0.29) is 36.7 Å². The number of hydrazine groups is 1. The van der Waals surface area contributed by atoms with Crippen LogP contribution >= 0.6 is 0 Å². The normalized spacial score (nSPS) is 16.9. The predicted octanol–water partition coefficient (Wildman–Crippen LogP) is -1.50. The van der Waals surface area contributed by atoms with Gasteiger partial charge in [0.05, 0.1) is 12.7 Å². The maximum Gasteiger partial charge on any atom is 0.337 e. The number of nitrogens with one attached hydrogen (secondary N) is 3. The van der Waals surface area contributed by atoms with Crippen LogP contribution < -0.4 is 28.6 Å². The van der Waals surface area contributed by atoms with Gasteiger partial charge in [-0.15, -0.1) is 0 Å². The molecule has 2 atom stereocenters. The van der Waals surface area contributed by atoms with E-state index in [1.165, 1.54) is 12.7 Å². The van der Waals surface area contributed by atoms with Crippen molar-refractivity contribution in [2.75, 3.05) is 13.7 Å². The summed E-state index contributed by atoms with van der Waals surface area (Å²) in [6.45, 7) is 3.06. The summed E-state index contributed by atoms with van der Waals surface area (Å²) in [6, 6.07) is 17.1. The van der Waals surface area contributed by atoms with E-state index >= 15 is 0 Å². The third-order valence-corrected chi connectivity index (χ3v) is 4.74. The van der Waals surface area contributed by atoms with E-state index in [0.29, 0.717) is 18.7 Å². The molecule has 1 fully saturated rings. The topological polar surface area (TPSA) is 95.5 Å². The lowest BCUT2D eigenvalue weighted by Crippen LogP contribution is -3.00. The number of amides is 2. The molecule has 162 valence electrons. The Morgan fingerprint density at radius 1 is 1.17 bits per heavy atom. The lowest BCUT2D eigenvalue weighted by atomic mass is 10.1. The van der Waals surface area contributed by atoms with Crippen LogP contribution in [0.15, 0.2) is 54.6 Å². The number of ether oxygens (including phenoxy) is 1. The summed E-state index contributed by atoms with van der Waals surface area (Å²) in [5.41, 5.74) is 5.61. The van der Waals surface area contributed by atoms with Crippen molar-refractivity contribution in [1.82, 2.24) is 21.2 Å². The van der Waals surface area contributed by atoms with E-state index in [9.17, 15) is 9.59 Å². The molecule has 8 nitrogen and oxygen atoms in total. The first-order valence-electron chi connectivity index (χ1n) is 9.53. The smallest absolute Gasteiger partial charge is 0.337 e. The second kappa shape index (κ2) is 11.5. The number of halogens is 1. The minimum absolute atomic E-state index is 0. The van der Waals surface area contributed by atoms with Crippen molar-refractivity contribution in [1.29, 1.82) is 0 Å². The van der Waals surface area contributed by atoms with Crippen LogP contribution in [0.3, 0.4) is 0 Å².